The number of nitrogens with zero attached hydrogens (tertiary/aromatic N) is 2. The third-order valence-electron chi connectivity index (χ3n) is 2.31. The number of nitrogen functional groups attached to an aromatic ring is 1. The molecule has 0 fully saturated rings. The summed E-state index contributed by atoms with van der Waals surface area (Å²) in [5.41, 5.74) is 4.10. The quantitative estimate of drug-likeness (QED) is 0.659. The first kappa shape index (κ1) is 12.6. The molecule has 94 valence electrons. The normalized spacial score (nSPS) is 10.2. The SMILES string of the molecule is Cc1cc(Oc2ccc(Cl)c(C)c2)nc(NN)n1. The first-order chi connectivity index (χ1) is 8.58. The van der Waals surface area contributed by atoms with Gasteiger partial charge in [-0.15, -0.1) is 0 Å². The molecule has 0 bridgehead atoms. The lowest BCUT2D eigenvalue weighted by Crippen LogP contribution is -2.11. The maximum atomic E-state index is 5.95. The van der Waals surface area contributed by atoms with E-state index in [4.69, 9.17) is 22.2 Å². The van der Waals surface area contributed by atoms with Gasteiger partial charge < -0.3 is 4.74 Å². The van der Waals surface area contributed by atoms with Crippen LogP contribution in [0.5, 0.6) is 11.6 Å². The minimum Gasteiger partial charge on any atom is -0.439 e. The van der Waals surface area contributed by atoms with Crippen LogP contribution in [0.3, 0.4) is 0 Å². The number of halogens is 1. The number of nitrogens with one attached hydrogen (secondary N) is 1. The molecule has 0 radical (unpaired) electrons. The second-order valence-electron chi connectivity index (χ2n) is 3.83. The average molecular weight is 265 g/mol. The lowest BCUT2D eigenvalue weighted by molar-refractivity contribution is 0.461. The minimum absolute atomic E-state index is 0.315. The number of rotatable bonds is 3. The number of ether oxygens (including phenoxy) is 1. The number of benzene rings is 1. The number of aromatic nitrogens is 2. The van der Waals surface area contributed by atoms with Gasteiger partial charge in [-0.2, -0.15) is 4.98 Å². The van der Waals surface area contributed by atoms with Crippen LogP contribution in [0.4, 0.5) is 5.95 Å². The summed E-state index contributed by atoms with van der Waals surface area (Å²) in [5, 5.41) is 0.700. The highest BCUT2D eigenvalue weighted by Gasteiger charge is 2.04. The van der Waals surface area contributed by atoms with Gasteiger partial charge in [-0.25, -0.2) is 10.8 Å². The van der Waals surface area contributed by atoms with Crippen molar-refractivity contribution in [2.45, 2.75) is 13.8 Å². The number of hydrazine groups is 1. The molecule has 6 heteroatoms. The van der Waals surface area contributed by atoms with Crippen LogP contribution < -0.4 is 16.0 Å². The van der Waals surface area contributed by atoms with Crippen LogP contribution in [0, 0.1) is 13.8 Å². The average Bonchev–Trinajstić information content (AvgIpc) is 2.33. The van der Waals surface area contributed by atoms with Crippen molar-refractivity contribution in [1.82, 2.24) is 9.97 Å². The molecule has 18 heavy (non-hydrogen) atoms. The summed E-state index contributed by atoms with van der Waals surface area (Å²) in [6.45, 7) is 3.75. The fraction of sp³-hybridized carbons (Fsp3) is 0.167. The topological polar surface area (TPSA) is 73.1 Å². The Bertz CT molecular complexity index is 574. The molecule has 0 aliphatic heterocycles. The molecule has 1 aromatic carbocycles. The van der Waals surface area contributed by atoms with Crippen LogP contribution in [0.15, 0.2) is 24.3 Å². The van der Waals surface area contributed by atoms with Gasteiger partial charge in [0.15, 0.2) is 0 Å². The van der Waals surface area contributed by atoms with E-state index in [1.54, 1.807) is 18.2 Å². The van der Waals surface area contributed by atoms with E-state index in [0.717, 1.165) is 11.3 Å². The highest BCUT2D eigenvalue weighted by Crippen LogP contribution is 2.25. The molecule has 0 unspecified atom stereocenters. The minimum atomic E-state index is 0.315. The highest BCUT2D eigenvalue weighted by molar-refractivity contribution is 6.31. The monoisotopic (exact) mass is 264 g/mol. The zero-order chi connectivity index (χ0) is 13.1. The van der Waals surface area contributed by atoms with Crippen molar-refractivity contribution in [3.63, 3.8) is 0 Å². The van der Waals surface area contributed by atoms with Crippen LogP contribution in [-0.4, -0.2) is 9.97 Å². The molecule has 2 rings (SSSR count). The van der Waals surface area contributed by atoms with Gasteiger partial charge in [0.2, 0.25) is 11.8 Å². The number of hydrogen-bond donors (Lipinski definition) is 2. The molecule has 2 aromatic rings. The summed E-state index contributed by atoms with van der Waals surface area (Å²) in [5.74, 6) is 6.69. The molecule has 0 aliphatic rings. The molecule has 0 atom stereocenters. The predicted octanol–water partition coefficient (Wildman–Crippen LogP) is 2.82. The predicted molar refractivity (Wildman–Crippen MR) is 70.8 cm³/mol. The van der Waals surface area contributed by atoms with Crippen LogP contribution in [0.1, 0.15) is 11.3 Å². The van der Waals surface area contributed by atoms with Crippen molar-refractivity contribution in [2.24, 2.45) is 5.84 Å². The second-order valence-corrected chi connectivity index (χ2v) is 4.24. The van der Waals surface area contributed by atoms with Gasteiger partial charge in [-0.05, 0) is 37.6 Å². The van der Waals surface area contributed by atoms with E-state index in [1.165, 1.54) is 0 Å². The van der Waals surface area contributed by atoms with Gasteiger partial charge in [0.25, 0.3) is 0 Å². The van der Waals surface area contributed by atoms with Crippen LogP contribution in [-0.2, 0) is 0 Å². The molecule has 5 nitrogen and oxygen atoms in total. The van der Waals surface area contributed by atoms with Gasteiger partial charge in [0, 0.05) is 16.8 Å². The Morgan fingerprint density at radius 3 is 2.67 bits per heavy atom. The van der Waals surface area contributed by atoms with Crippen molar-refractivity contribution < 1.29 is 4.74 Å². The Balaban J connectivity index is 2.27. The first-order valence-electron chi connectivity index (χ1n) is 5.35. The van der Waals surface area contributed by atoms with E-state index >= 15 is 0 Å². The van der Waals surface area contributed by atoms with E-state index in [2.05, 4.69) is 15.4 Å². The fourth-order valence-corrected chi connectivity index (χ4v) is 1.58. The fourth-order valence-electron chi connectivity index (χ4n) is 1.46. The van der Waals surface area contributed by atoms with E-state index in [9.17, 15) is 0 Å². The van der Waals surface area contributed by atoms with Crippen molar-refractivity contribution >= 4 is 17.5 Å². The lowest BCUT2D eigenvalue weighted by Gasteiger charge is -2.08. The number of hydrogen-bond acceptors (Lipinski definition) is 5. The summed E-state index contributed by atoms with van der Waals surface area (Å²) < 4.78 is 5.63. The van der Waals surface area contributed by atoms with Crippen molar-refractivity contribution in [3.05, 3.63) is 40.5 Å². The molecule has 0 aliphatic carbocycles. The third-order valence-corrected chi connectivity index (χ3v) is 2.74. The zero-order valence-corrected chi connectivity index (χ0v) is 10.8. The van der Waals surface area contributed by atoms with Crippen LogP contribution >= 0.6 is 11.6 Å². The second kappa shape index (κ2) is 5.20. The summed E-state index contributed by atoms with van der Waals surface area (Å²) in [4.78, 5) is 8.17. The Morgan fingerprint density at radius 1 is 1.22 bits per heavy atom. The van der Waals surface area contributed by atoms with Crippen LogP contribution in [0.25, 0.3) is 0 Å². The first-order valence-corrected chi connectivity index (χ1v) is 5.72. The molecule has 0 saturated heterocycles. The summed E-state index contributed by atoms with van der Waals surface area (Å²) in [6.07, 6.45) is 0. The van der Waals surface area contributed by atoms with E-state index in [-0.39, 0.29) is 0 Å². The zero-order valence-electron chi connectivity index (χ0n) is 10.1. The molecular weight excluding hydrogens is 252 g/mol. The van der Waals surface area contributed by atoms with E-state index in [0.29, 0.717) is 22.6 Å². The van der Waals surface area contributed by atoms with Crippen molar-refractivity contribution in [1.29, 1.82) is 0 Å². The van der Waals surface area contributed by atoms with Gasteiger partial charge in [0.05, 0.1) is 0 Å². The standard InChI is InChI=1S/C12H13ClN4O/c1-7-5-9(3-4-10(7)13)18-11-6-8(2)15-12(16-11)17-14/h3-6H,14H2,1-2H3,(H,15,16,17). The van der Waals surface area contributed by atoms with E-state index in [1.807, 2.05) is 19.9 Å². The molecular formula is C12H13ClN4O. The lowest BCUT2D eigenvalue weighted by atomic mass is 10.2. The maximum Gasteiger partial charge on any atom is 0.240 e. The molecule has 1 heterocycles. The molecule has 0 amide bonds. The van der Waals surface area contributed by atoms with Crippen LogP contribution in [0.2, 0.25) is 5.02 Å². The number of anilines is 1. The summed E-state index contributed by atoms with van der Waals surface area (Å²) in [6, 6.07) is 7.13. The Morgan fingerprint density at radius 2 is 2.00 bits per heavy atom. The smallest absolute Gasteiger partial charge is 0.240 e. The number of aryl methyl sites for hydroxylation is 2. The van der Waals surface area contributed by atoms with Gasteiger partial charge in [-0.3, -0.25) is 5.43 Å². The van der Waals surface area contributed by atoms with Gasteiger partial charge in [0.1, 0.15) is 5.75 Å². The summed E-state index contributed by atoms with van der Waals surface area (Å²) in [7, 11) is 0. The van der Waals surface area contributed by atoms with Crippen molar-refractivity contribution in [3.8, 4) is 11.6 Å². The Labute approximate surface area is 110 Å². The Kier molecular flexibility index (Phi) is 3.64. The highest BCUT2D eigenvalue weighted by atomic mass is 35.5. The maximum absolute atomic E-state index is 5.95. The molecule has 3 N–H and O–H groups in total. The van der Waals surface area contributed by atoms with Gasteiger partial charge in [-0.1, -0.05) is 11.6 Å². The number of nitrogens with two attached hydrogens (primary N) is 1. The van der Waals surface area contributed by atoms with Gasteiger partial charge >= 0.3 is 0 Å². The largest absolute Gasteiger partial charge is 0.439 e. The third kappa shape index (κ3) is 2.88. The van der Waals surface area contributed by atoms with E-state index < -0.39 is 0 Å². The Hall–Kier alpha value is -1.85. The molecule has 1 aromatic heterocycles. The van der Waals surface area contributed by atoms with Crippen molar-refractivity contribution in [2.75, 3.05) is 5.43 Å². The molecule has 0 saturated carbocycles. The molecule has 0 spiro atoms. The summed E-state index contributed by atoms with van der Waals surface area (Å²) >= 11 is 5.95.